The number of carbonyl (C=O) groups is 1. The molecule has 0 saturated carbocycles. The smallest absolute Gasteiger partial charge is 0.250 e. The number of rotatable bonds is 9. The van der Waals surface area contributed by atoms with Gasteiger partial charge in [0, 0.05) is 30.9 Å². The number of hydrogen-bond acceptors (Lipinski definition) is 5. The highest BCUT2D eigenvalue weighted by atomic mass is 35.5. The average Bonchev–Trinajstić information content (AvgIpc) is 2.85. The van der Waals surface area contributed by atoms with Crippen molar-refractivity contribution in [3.05, 3.63) is 17.0 Å². The predicted molar refractivity (Wildman–Crippen MR) is 92.0 cm³/mol. The third kappa shape index (κ3) is 7.55. The van der Waals surface area contributed by atoms with Crippen LogP contribution in [0.3, 0.4) is 0 Å². The van der Waals surface area contributed by atoms with Crippen LogP contribution in [0.2, 0.25) is 0 Å². The maximum Gasteiger partial charge on any atom is 0.250 e. The van der Waals surface area contributed by atoms with E-state index in [1.54, 1.807) is 12.1 Å². The summed E-state index contributed by atoms with van der Waals surface area (Å²) in [6.45, 7) is 4.98. The largest absolute Gasteiger partial charge is 0.356 e. The number of hydrogen-bond donors (Lipinski definition) is 3. The van der Waals surface area contributed by atoms with E-state index in [-0.39, 0.29) is 35.6 Å². The van der Waals surface area contributed by atoms with Crippen molar-refractivity contribution in [1.82, 2.24) is 10.0 Å². The molecule has 0 aliphatic rings. The Bertz CT molecular complexity index is 559. The van der Waals surface area contributed by atoms with Crippen molar-refractivity contribution in [2.75, 3.05) is 19.6 Å². The Morgan fingerprint density at radius 1 is 1.32 bits per heavy atom. The normalized spacial score (nSPS) is 11.3. The molecule has 1 rings (SSSR count). The molecule has 0 aliphatic carbocycles. The van der Waals surface area contributed by atoms with Gasteiger partial charge >= 0.3 is 0 Å². The van der Waals surface area contributed by atoms with Gasteiger partial charge in [-0.3, -0.25) is 4.79 Å². The summed E-state index contributed by atoms with van der Waals surface area (Å²) < 4.78 is 26.5. The first kappa shape index (κ1) is 21.3. The Hall–Kier alpha value is -0.670. The minimum absolute atomic E-state index is 0. The van der Waals surface area contributed by atoms with Crippen LogP contribution >= 0.6 is 23.7 Å². The lowest BCUT2D eigenvalue weighted by molar-refractivity contribution is -0.121. The number of nitrogens with one attached hydrogen (secondary N) is 2. The first-order chi connectivity index (χ1) is 9.85. The molecule has 1 aromatic heterocycles. The molecule has 128 valence electrons. The zero-order valence-electron chi connectivity index (χ0n) is 12.8. The highest BCUT2D eigenvalue weighted by Gasteiger charge is 2.15. The summed E-state index contributed by atoms with van der Waals surface area (Å²) in [5, 5.41) is 2.83. The average molecular weight is 370 g/mol. The number of amides is 1. The van der Waals surface area contributed by atoms with E-state index in [1.165, 1.54) is 11.3 Å². The first-order valence-electron chi connectivity index (χ1n) is 6.90. The number of nitrogens with two attached hydrogens (primary N) is 1. The predicted octanol–water partition coefficient (Wildman–Crippen LogP) is 1.11. The summed E-state index contributed by atoms with van der Waals surface area (Å²) in [7, 11) is -3.46. The first-order valence-corrected chi connectivity index (χ1v) is 9.20. The van der Waals surface area contributed by atoms with Crippen molar-refractivity contribution in [2.24, 2.45) is 11.7 Å². The molecule has 0 saturated heterocycles. The summed E-state index contributed by atoms with van der Waals surface area (Å²) in [6, 6.07) is 3.35. The van der Waals surface area contributed by atoms with E-state index in [1.807, 2.05) is 13.8 Å². The maximum absolute atomic E-state index is 11.9. The van der Waals surface area contributed by atoms with Gasteiger partial charge in [0.15, 0.2) is 0 Å². The minimum Gasteiger partial charge on any atom is -0.356 e. The van der Waals surface area contributed by atoms with Crippen molar-refractivity contribution >= 4 is 39.7 Å². The fourth-order valence-corrected chi connectivity index (χ4v) is 4.12. The second kappa shape index (κ2) is 10.2. The molecule has 0 atom stereocenters. The lowest BCUT2D eigenvalue weighted by Gasteiger charge is -2.06. The fraction of sp³-hybridized carbons (Fsp3) is 0.615. The number of sulfonamides is 1. The number of thiophene rings is 1. The van der Waals surface area contributed by atoms with Crippen molar-refractivity contribution in [3.63, 3.8) is 0 Å². The zero-order chi connectivity index (χ0) is 15.9. The highest BCUT2D eigenvalue weighted by molar-refractivity contribution is 7.91. The van der Waals surface area contributed by atoms with Gasteiger partial charge in [-0.2, -0.15) is 0 Å². The zero-order valence-corrected chi connectivity index (χ0v) is 15.2. The molecule has 1 amide bonds. The van der Waals surface area contributed by atoms with Gasteiger partial charge in [-0.1, -0.05) is 13.8 Å². The molecule has 0 aliphatic heterocycles. The fourth-order valence-electron chi connectivity index (χ4n) is 1.67. The quantitative estimate of drug-likeness (QED) is 0.606. The van der Waals surface area contributed by atoms with E-state index < -0.39 is 10.0 Å². The van der Waals surface area contributed by atoms with Gasteiger partial charge in [0.2, 0.25) is 15.9 Å². The molecule has 9 heteroatoms. The van der Waals surface area contributed by atoms with Gasteiger partial charge in [0.05, 0.1) is 0 Å². The standard InChI is InChI=1S/C13H23N3O3S2.ClH/c1-10(2)9-12(17)15-7-5-11-3-4-13(20-11)21(18,19)16-8-6-14;/h3-4,10,16H,5-9,14H2,1-2H3,(H,15,17);1H. The summed E-state index contributed by atoms with van der Waals surface area (Å²) in [4.78, 5) is 12.4. The lowest BCUT2D eigenvalue weighted by Crippen LogP contribution is -2.28. The van der Waals surface area contributed by atoms with Crippen molar-refractivity contribution in [2.45, 2.75) is 30.9 Å². The maximum atomic E-state index is 11.9. The molecule has 0 radical (unpaired) electrons. The summed E-state index contributed by atoms with van der Waals surface area (Å²) in [5.74, 6) is 0.358. The molecule has 0 unspecified atom stereocenters. The summed E-state index contributed by atoms with van der Waals surface area (Å²) >= 11 is 1.21. The van der Waals surface area contributed by atoms with E-state index in [0.29, 0.717) is 25.3 Å². The Balaban J connectivity index is 0.00000441. The summed E-state index contributed by atoms with van der Waals surface area (Å²) in [5.41, 5.74) is 5.28. The Kier molecular flexibility index (Phi) is 9.86. The van der Waals surface area contributed by atoms with Gasteiger partial charge in [0.1, 0.15) is 4.21 Å². The third-order valence-corrected chi connectivity index (χ3v) is 5.72. The van der Waals surface area contributed by atoms with Crippen LogP contribution in [0.4, 0.5) is 0 Å². The number of carbonyl (C=O) groups excluding carboxylic acids is 1. The van der Waals surface area contributed by atoms with Crippen LogP contribution < -0.4 is 15.8 Å². The molecule has 22 heavy (non-hydrogen) atoms. The molecule has 4 N–H and O–H groups in total. The molecule has 1 aromatic rings. The Morgan fingerprint density at radius 2 is 2.00 bits per heavy atom. The lowest BCUT2D eigenvalue weighted by atomic mass is 10.1. The summed E-state index contributed by atoms with van der Waals surface area (Å²) in [6.07, 6.45) is 1.13. The van der Waals surface area contributed by atoms with Crippen LogP contribution in [-0.4, -0.2) is 34.0 Å². The third-order valence-electron chi connectivity index (χ3n) is 2.63. The molecule has 6 nitrogen and oxygen atoms in total. The van der Waals surface area contributed by atoms with Crippen LogP contribution in [0.15, 0.2) is 16.3 Å². The molecular weight excluding hydrogens is 346 g/mol. The topological polar surface area (TPSA) is 101 Å². The molecular formula is C13H24ClN3O3S2. The van der Waals surface area contributed by atoms with Gasteiger partial charge in [-0.25, -0.2) is 13.1 Å². The van der Waals surface area contributed by atoms with Crippen LogP contribution in [0.1, 0.15) is 25.1 Å². The van der Waals surface area contributed by atoms with E-state index in [2.05, 4.69) is 10.0 Å². The van der Waals surface area contributed by atoms with Crippen molar-refractivity contribution in [3.8, 4) is 0 Å². The molecule has 0 bridgehead atoms. The second-order valence-electron chi connectivity index (χ2n) is 5.11. The molecule has 0 aromatic carbocycles. The molecule has 1 heterocycles. The van der Waals surface area contributed by atoms with Crippen LogP contribution in [0.5, 0.6) is 0 Å². The van der Waals surface area contributed by atoms with Crippen molar-refractivity contribution < 1.29 is 13.2 Å². The Morgan fingerprint density at radius 3 is 2.59 bits per heavy atom. The van der Waals surface area contributed by atoms with Gasteiger partial charge < -0.3 is 11.1 Å². The van der Waals surface area contributed by atoms with Crippen LogP contribution in [0, 0.1) is 5.92 Å². The number of halogens is 1. The van der Waals surface area contributed by atoms with E-state index >= 15 is 0 Å². The van der Waals surface area contributed by atoms with E-state index in [9.17, 15) is 13.2 Å². The minimum atomic E-state index is -3.46. The van der Waals surface area contributed by atoms with Gasteiger partial charge in [-0.15, -0.1) is 23.7 Å². The van der Waals surface area contributed by atoms with E-state index in [4.69, 9.17) is 5.73 Å². The van der Waals surface area contributed by atoms with Gasteiger partial charge in [0.25, 0.3) is 0 Å². The second-order valence-corrected chi connectivity index (χ2v) is 8.27. The Labute approximate surface area is 142 Å². The molecule has 0 spiro atoms. The molecule has 0 fully saturated rings. The van der Waals surface area contributed by atoms with E-state index in [0.717, 1.165) is 4.88 Å². The van der Waals surface area contributed by atoms with Gasteiger partial charge in [-0.05, 0) is 24.5 Å². The monoisotopic (exact) mass is 369 g/mol. The SMILES string of the molecule is CC(C)CC(=O)NCCc1ccc(S(=O)(=O)NCCN)s1.Cl. The van der Waals surface area contributed by atoms with Crippen LogP contribution in [-0.2, 0) is 21.2 Å². The van der Waals surface area contributed by atoms with Crippen LogP contribution in [0.25, 0.3) is 0 Å². The highest BCUT2D eigenvalue weighted by Crippen LogP contribution is 2.21. The van der Waals surface area contributed by atoms with Crippen molar-refractivity contribution in [1.29, 1.82) is 0 Å².